The van der Waals surface area contributed by atoms with Gasteiger partial charge in [0.15, 0.2) is 5.43 Å². The van der Waals surface area contributed by atoms with Crippen molar-refractivity contribution in [3.63, 3.8) is 0 Å². The molecular weight excluding hydrogens is 200 g/mol. The van der Waals surface area contributed by atoms with Gasteiger partial charge in [-0.2, -0.15) is 0 Å². The Bertz CT molecular complexity index is 595. The van der Waals surface area contributed by atoms with E-state index in [4.69, 9.17) is 4.42 Å². The molecular formula is C14H14O2. The van der Waals surface area contributed by atoms with Crippen LogP contribution in [0.15, 0.2) is 33.5 Å². The van der Waals surface area contributed by atoms with E-state index >= 15 is 0 Å². The van der Waals surface area contributed by atoms with E-state index in [1.165, 1.54) is 0 Å². The molecule has 0 bridgehead atoms. The van der Waals surface area contributed by atoms with Crippen LogP contribution < -0.4 is 5.43 Å². The SMILES string of the molecule is CC1CCc2c(oc3ccccc3c2=O)C1. The van der Waals surface area contributed by atoms with Gasteiger partial charge in [-0.3, -0.25) is 4.79 Å². The van der Waals surface area contributed by atoms with Crippen LogP contribution in [0.1, 0.15) is 24.7 Å². The number of hydrogen-bond acceptors (Lipinski definition) is 2. The summed E-state index contributed by atoms with van der Waals surface area (Å²) in [6.07, 6.45) is 2.86. The van der Waals surface area contributed by atoms with Gasteiger partial charge in [-0.05, 0) is 30.9 Å². The van der Waals surface area contributed by atoms with Crippen molar-refractivity contribution in [2.45, 2.75) is 26.2 Å². The van der Waals surface area contributed by atoms with Crippen molar-refractivity contribution in [2.24, 2.45) is 5.92 Å². The van der Waals surface area contributed by atoms with Crippen LogP contribution in [0.25, 0.3) is 11.0 Å². The molecule has 82 valence electrons. The van der Waals surface area contributed by atoms with Crippen molar-refractivity contribution < 1.29 is 4.42 Å². The second kappa shape index (κ2) is 3.48. The summed E-state index contributed by atoms with van der Waals surface area (Å²) in [7, 11) is 0. The lowest BCUT2D eigenvalue weighted by Crippen LogP contribution is -2.20. The van der Waals surface area contributed by atoms with Crippen molar-refractivity contribution in [1.82, 2.24) is 0 Å². The third kappa shape index (κ3) is 1.37. The summed E-state index contributed by atoms with van der Waals surface area (Å²) in [6, 6.07) is 7.51. The molecule has 0 radical (unpaired) electrons. The van der Waals surface area contributed by atoms with Gasteiger partial charge in [-0.1, -0.05) is 19.1 Å². The molecule has 3 rings (SSSR count). The lowest BCUT2D eigenvalue weighted by molar-refractivity contribution is 0.413. The van der Waals surface area contributed by atoms with Crippen LogP contribution in [0.3, 0.4) is 0 Å². The van der Waals surface area contributed by atoms with Crippen LogP contribution >= 0.6 is 0 Å². The van der Waals surface area contributed by atoms with Crippen molar-refractivity contribution in [3.05, 3.63) is 45.8 Å². The minimum absolute atomic E-state index is 0.170. The van der Waals surface area contributed by atoms with Crippen molar-refractivity contribution in [2.75, 3.05) is 0 Å². The third-order valence-corrected chi connectivity index (χ3v) is 3.40. The summed E-state index contributed by atoms with van der Waals surface area (Å²) in [5.74, 6) is 1.53. The number of para-hydroxylation sites is 1. The van der Waals surface area contributed by atoms with E-state index in [0.717, 1.165) is 41.6 Å². The van der Waals surface area contributed by atoms with Crippen LogP contribution in [-0.2, 0) is 12.8 Å². The van der Waals surface area contributed by atoms with Crippen LogP contribution in [0.2, 0.25) is 0 Å². The summed E-state index contributed by atoms with van der Waals surface area (Å²) in [5.41, 5.74) is 1.79. The third-order valence-electron chi connectivity index (χ3n) is 3.40. The van der Waals surface area contributed by atoms with Crippen LogP contribution in [0.5, 0.6) is 0 Å². The highest BCUT2D eigenvalue weighted by atomic mass is 16.3. The molecule has 1 atom stereocenters. The summed E-state index contributed by atoms with van der Waals surface area (Å²) >= 11 is 0. The van der Waals surface area contributed by atoms with Crippen molar-refractivity contribution in [1.29, 1.82) is 0 Å². The molecule has 1 heterocycles. The topological polar surface area (TPSA) is 30.2 Å². The van der Waals surface area contributed by atoms with E-state index in [2.05, 4.69) is 6.92 Å². The first-order valence-corrected chi connectivity index (χ1v) is 5.79. The maximum atomic E-state index is 12.2. The van der Waals surface area contributed by atoms with Gasteiger partial charge in [-0.25, -0.2) is 0 Å². The highest BCUT2D eigenvalue weighted by molar-refractivity contribution is 5.77. The van der Waals surface area contributed by atoms with E-state index < -0.39 is 0 Å². The molecule has 0 fully saturated rings. The Labute approximate surface area is 93.9 Å². The van der Waals surface area contributed by atoms with Gasteiger partial charge < -0.3 is 4.42 Å². The molecule has 1 aromatic carbocycles. The average Bonchev–Trinajstić information content (AvgIpc) is 2.29. The normalized spacial score (nSPS) is 19.7. The molecule has 2 heteroatoms. The maximum Gasteiger partial charge on any atom is 0.196 e. The molecule has 1 unspecified atom stereocenters. The lowest BCUT2D eigenvalue weighted by Gasteiger charge is -2.19. The number of rotatable bonds is 0. The van der Waals surface area contributed by atoms with Crippen LogP contribution in [-0.4, -0.2) is 0 Å². The molecule has 2 nitrogen and oxygen atoms in total. The van der Waals surface area contributed by atoms with Gasteiger partial charge in [-0.15, -0.1) is 0 Å². The van der Waals surface area contributed by atoms with E-state index in [9.17, 15) is 4.79 Å². The van der Waals surface area contributed by atoms with Crippen molar-refractivity contribution in [3.8, 4) is 0 Å². The highest BCUT2D eigenvalue weighted by Crippen LogP contribution is 2.25. The standard InChI is InChI=1S/C14H14O2/c1-9-6-7-11-13(8-9)16-12-5-3-2-4-10(12)14(11)15/h2-5,9H,6-8H2,1H3. The number of benzene rings is 1. The molecule has 0 saturated heterocycles. The molecule has 1 aliphatic carbocycles. The monoisotopic (exact) mass is 214 g/mol. The predicted molar refractivity (Wildman–Crippen MR) is 63.7 cm³/mol. The molecule has 0 N–H and O–H groups in total. The fourth-order valence-electron chi connectivity index (χ4n) is 2.45. The van der Waals surface area contributed by atoms with Gasteiger partial charge in [0.2, 0.25) is 0 Å². The van der Waals surface area contributed by atoms with Gasteiger partial charge in [0.05, 0.1) is 5.39 Å². The zero-order valence-corrected chi connectivity index (χ0v) is 9.32. The Hall–Kier alpha value is -1.57. The Balaban J connectivity index is 2.33. The fourth-order valence-corrected chi connectivity index (χ4v) is 2.45. The van der Waals surface area contributed by atoms with Gasteiger partial charge in [0, 0.05) is 12.0 Å². The average molecular weight is 214 g/mol. The van der Waals surface area contributed by atoms with E-state index in [0.29, 0.717) is 5.92 Å². The first kappa shape index (κ1) is 9.64. The second-order valence-electron chi connectivity index (χ2n) is 4.68. The summed E-state index contributed by atoms with van der Waals surface area (Å²) < 4.78 is 5.84. The summed E-state index contributed by atoms with van der Waals surface area (Å²) in [6.45, 7) is 2.21. The molecule has 1 aromatic heterocycles. The zero-order chi connectivity index (χ0) is 11.1. The molecule has 16 heavy (non-hydrogen) atoms. The molecule has 1 aliphatic rings. The summed E-state index contributed by atoms with van der Waals surface area (Å²) in [4.78, 5) is 12.2. The Morgan fingerprint density at radius 3 is 3.00 bits per heavy atom. The quantitative estimate of drug-likeness (QED) is 0.675. The predicted octanol–water partition coefficient (Wildman–Crippen LogP) is 2.92. The summed E-state index contributed by atoms with van der Waals surface area (Å²) in [5, 5.41) is 0.718. The van der Waals surface area contributed by atoms with Gasteiger partial charge >= 0.3 is 0 Å². The molecule has 0 amide bonds. The number of hydrogen-bond donors (Lipinski definition) is 0. The maximum absolute atomic E-state index is 12.2. The fraction of sp³-hybridized carbons (Fsp3) is 0.357. The molecule has 0 spiro atoms. The Kier molecular flexibility index (Phi) is 2.10. The second-order valence-corrected chi connectivity index (χ2v) is 4.68. The molecule has 2 aromatic rings. The van der Waals surface area contributed by atoms with E-state index in [-0.39, 0.29) is 5.43 Å². The molecule has 0 aliphatic heterocycles. The first-order chi connectivity index (χ1) is 7.75. The largest absolute Gasteiger partial charge is 0.461 e. The zero-order valence-electron chi connectivity index (χ0n) is 9.32. The van der Waals surface area contributed by atoms with Gasteiger partial charge in [0.25, 0.3) is 0 Å². The minimum Gasteiger partial charge on any atom is -0.461 e. The smallest absolute Gasteiger partial charge is 0.196 e. The van der Waals surface area contributed by atoms with Gasteiger partial charge in [0.1, 0.15) is 11.3 Å². The number of fused-ring (bicyclic) bond motifs is 2. The Morgan fingerprint density at radius 2 is 2.12 bits per heavy atom. The van der Waals surface area contributed by atoms with Crippen LogP contribution in [0.4, 0.5) is 0 Å². The minimum atomic E-state index is 0.170. The lowest BCUT2D eigenvalue weighted by atomic mass is 9.88. The Morgan fingerprint density at radius 1 is 1.31 bits per heavy atom. The molecule has 0 saturated carbocycles. The van der Waals surface area contributed by atoms with E-state index in [1.54, 1.807) is 0 Å². The first-order valence-electron chi connectivity index (χ1n) is 5.79. The van der Waals surface area contributed by atoms with Crippen LogP contribution in [0, 0.1) is 5.92 Å². The highest BCUT2D eigenvalue weighted by Gasteiger charge is 2.21. The van der Waals surface area contributed by atoms with Crippen molar-refractivity contribution >= 4 is 11.0 Å². The van der Waals surface area contributed by atoms with E-state index in [1.807, 2.05) is 24.3 Å².